The van der Waals surface area contributed by atoms with E-state index < -0.39 is 59.5 Å². The van der Waals surface area contributed by atoms with Crippen LogP contribution in [0.25, 0.3) is 0 Å². The molecule has 0 saturated heterocycles. The first-order valence-corrected chi connectivity index (χ1v) is 7.43. The summed E-state index contributed by atoms with van der Waals surface area (Å²) in [4.78, 5) is 23.3. The molecule has 0 bridgehead atoms. The molecule has 16 heteroatoms. The number of rotatable bonds is 8. The average Bonchev–Trinajstić information content (AvgIpc) is 2.65. The van der Waals surface area contributed by atoms with Gasteiger partial charge in [0.1, 0.15) is 11.1 Å². The average molecular weight is 476 g/mol. The van der Waals surface area contributed by atoms with E-state index in [2.05, 4.69) is 18.9 Å². The summed E-state index contributed by atoms with van der Waals surface area (Å²) in [5, 5.41) is 0. The number of alkyl halides is 10. The van der Waals surface area contributed by atoms with E-state index in [0.717, 1.165) is 20.3 Å². The molecule has 1 aromatic carbocycles. The predicted octanol–water partition coefficient (Wildman–Crippen LogP) is 4.33. The largest absolute Gasteiger partial charge is 0.465 e. The van der Waals surface area contributed by atoms with Crippen LogP contribution < -0.4 is 4.74 Å². The zero-order chi connectivity index (χ0) is 24.4. The third kappa shape index (κ3) is 5.29. The molecule has 0 radical (unpaired) electrons. The van der Waals surface area contributed by atoms with Crippen LogP contribution in [0.15, 0.2) is 18.2 Å². The smallest absolute Gasteiger partial charge is 0.462 e. The summed E-state index contributed by atoms with van der Waals surface area (Å²) in [6.07, 6.45) is -24.5. The fraction of sp³-hybridized carbons (Fsp3) is 0.467. The topological polar surface area (TPSA) is 71.1 Å². The van der Waals surface area contributed by atoms with Crippen molar-refractivity contribution in [3.8, 4) is 5.75 Å². The molecule has 0 aliphatic rings. The Morgan fingerprint density at radius 1 is 0.839 bits per heavy atom. The summed E-state index contributed by atoms with van der Waals surface area (Å²) in [6, 6.07) is 2.28. The number of para-hydroxylation sites is 1. The summed E-state index contributed by atoms with van der Waals surface area (Å²) in [5.74, 6) is -11.5. The zero-order valence-electron chi connectivity index (χ0n) is 15.0. The van der Waals surface area contributed by atoms with Crippen molar-refractivity contribution >= 4 is 11.9 Å². The van der Waals surface area contributed by atoms with Crippen molar-refractivity contribution in [2.45, 2.75) is 30.7 Å². The minimum absolute atomic E-state index is 0.685. The van der Waals surface area contributed by atoms with Crippen LogP contribution >= 0.6 is 0 Å². The number of ether oxygens (including phenoxy) is 4. The van der Waals surface area contributed by atoms with E-state index in [1.54, 1.807) is 0 Å². The number of hydrogen-bond acceptors (Lipinski definition) is 6. The molecular formula is C15H10F10O6. The molecule has 1 atom stereocenters. The van der Waals surface area contributed by atoms with Crippen LogP contribution in [0.1, 0.15) is 20.7 Å². The molecule has 0 aromatic heterocycles. The Morgan fingerprint density at radius 2 is 1.26 bits per heavy atom. The van der Waals surface area contributed by atoms with Crippen molar-refractivity contribution in [2.24, 2.45) is 0 Å². The van der Waals surface area contributed by atoms with Gasteiger partial charge in [0.15, 0.2) is 5.75 Å². The molecular weight excluding hydrogens is 466 g/mol. The van der Waals surface area contributed by atoms with E-state index >= 15 is 0 Å². The van der Waals surface area contributed by atoms with Crippen LogP contribution in [-0.2, 0) is 14.2 Å². The molecule has 0 fully saturated rings. The minimum atomic E-state index is -7.07. The van der Waals surface area contributed by atoms with E-state index in [4.69, 9.17) is 0 Å². The third-order valence-electron chi connectivity index (χ3n) is 3.30. The highest BCUT2D eigenvalue weighted by Crippen LogP contribution is 2.48. The van der Waals surface area contributed by atoms with Crippen LogP contribution in [0, 0.1) is 0 Å². The van der Waals surface area contributed by atoms with Crippen LogP contribution in [0.4, 0.5) is 43.9 Å². The molecule has 0 heterocycles. The summed E-state index contributed by atoms with van der Waals surface area (Å²) in [6.45, 7) is 0. The van der Waals surface area contributed by atoms with Crippen LogP contribution in [-0.4, -0.2) is 56.8 Å². The van der Waals surface area contributed by atoms with Crippen molar-refractivity contribution in [3.63, 3.8) is 0 Å². The highest BCUT2D eigenvalue weighted by atomic mass is 19.4. The Balaban J connectivity index is 3.36. The van der Waals surface area contributed by atoms with Gasteiger partial charge in [0.25, 0.3) is 0 Å². The van der Waals surface area contributed by atoms with Gasteiger partial charge in [-0.25, -0.2) is 14.0 Å². The second-order valence-electron chi connectivity index (χ2n) is 5.35. The molecule has 0 aliphatic carbocycles. The first-order chi connectivity index (χ1) is 13.9. The van der Waals surface area contributed by atoms with Gasteiger partial charge in [-0.2, -0.15) is 39.5 Å². The molecule has 1 aromatic rings. The van der Waals surface area contributed by atoms with Gasteiger partial charge in [-0.1, -0.05) is 6.07 Å². The van der Waals surface area contributed by atoms with E-state index in [1.807, 2.05) is 0 Å². The van der Waals surface area contributed by atoms with Crippen LogP contribution in [0.2, 0.25) is 0 Å². The molecule has 1 unspecified atom stereocenters. The van der Waals surface area contributed by atoms with Gasteiger partial charge in [0.2, 0.25) is 0 Å². The van der Waals surface area contributed by atoms with Crippen molar-refractivity contribution in [1.82, 2.24) is 0 Å². The van der Waals surface area contributed by atoms with Gasteiger partial charge in [-0.3, -0.25) is 4.74 Å². The summed E-state index contributed by atoms with van der Waals surface area (Å²) < 4.78 is 144. The first-order valence-electron chi connectivity index (χ1n) is 7.43. The Labute approximate surface area is 165 Å². The highest BCUT2D eigenvalue weighted by molar-refractivity contribution is 6.00. The molecule has 0 amide bonds. The second-order valence-corrected chi connectivity index (χ2v) is 5.35. The first kappa shape index (κ1) is 26.3. The molecule has 0 spiro atoms. The Bertz CT molecular complexity index is 789. The monoisotopic (exact) mass is 476 g/mol. The SMILES string of the molecule is COC(=O)c1cccc(C(=O)OC)c1OC(F)(F)C(F)OC(F)(F)C(F)(F)C(F)(F)F. The standard InChI is InChI=1S/C15H10F10O6/c1-28-9(26)6-4-3-5-7(10(27)29-2)8(6)30-12(17,18)11(16)31-15(24,25)13(19,20)14(21,22)23/h3-5,11H,1-2H3. The second kappa shape index (κ2) is 8.76. The lowest BCUT2D eigenvalue weighted by Gasteiger charge is -2.30. The summed E-state index contributed by atoms with van der Waals surface area (Å²) in [7, 11) is 1.46. The summed E-state index contributed by atoms with van der Waals surface area (Å²) in [5.41, 5.74) is -2.02. The molecule has 176 valence electrons. The molecule has 31 heavy (non-hydrogen) atoms. The van der Waals surface area contributed by atoms with E-state index in [-0.39, 0.29) is 0 Å². The Hall–Kier alpha value is -2.78. The minimum Gasteiger partial charge on any atom is -0.465 e. The lowest BCUT2D eigenvalue weighted by Crippen LogP contribution is -2.56. The van der Waals surface area contributed by atoms with Crippen molar-refractivity contribution in [3.05, 3.63) is 29.3 Å². The maximum atomic E-state index is 13.9. The Kier molecular flexibility index (Phi) is 7.42. The molecule has 0 aliphatic heterocycles. The predicted molar refractivity (Wildman–Crippen MR) is 76.6 cm³/mol. The number of carbonyl (C=O) groups is 2. The zero-order valence-corrected chi connectivity index (χ0v) is 15.0. The maximum absolute atomic E-state index is 13.9. The quantitative estimate of drug-likeness (QED) is 0.411. The summed E-state index contributed by atoms with van der Waals surface area (Å²) >= 11 is 0. The number of esters is 2. The fourth-order valence-corrected chi connectivity index (χ4v) is 1.81. The van der Waals surface area contributed by atoms with Crippen LogP contribution in [0.5, 0.6) is 5.75 Å². The van der Waals surface area contributed by atoms with E-state index in [0.29, 0.717) is 12.1 Å². The van der Waals surface area contributed by atoms with Crippen molar-refractivity contribution in [2.75, 3.05) is 14.2 Å². The third-order valence-corrected chi connectivity index (χ3v) is 3.30. The van der Waals surface area contributed by atoms with Crippen molar-refractivity contribution < 1.29 is 72.4 Å². The fourth-order valence-electron chi connectivity index (χ4n) is 1.81. The number of methoxy groups -OCH3 is 2. The van der Waals surface area contributed by atoms with E-state index in [1.165, 1.54) is 0 Å². The highest BCUT2D eigenvalue weighted by Gasteiger charge is 2.76. The number of hydrogen-bond donors (Lipinski definition) is 0. The van der Waals surface area contributed by atoms with Crippen molar-refractivity contribution in [1.29, 1.82) is 0 Å². The van der Waals surface area contributed by atoms with Crippen LogP contribution in [0.3, 0.4) is 0 Å². The lowest BCUT2D eigenvalue weighted by molar-refractivity contribution is -0.460. The number of benzene rings is 1. The van der Waals surface area contributed by atoms with Gasteiger partial charge in [0.05, 0.1) is 14.2 Å². The molecule has 0 N–H and O–H groups in total. The molecule has 6 nitrogen and oxygen atoms in total. The van der Waals surface area contributed by atoms with Gasteiger partial charge < -0.3 is 14.2 Å². The lowest BCUT2D eigenvalue weighted by atomic mass is 10.1. The van der Waals surface area contributed by atoms with Gasteiger partial charge in [-0.15, -0.1) is 0 Å². The normalized spacial score (nSPS) is 14.1. The van der Waals surface area contributed by atoms with Gasteiger partial charge in [0, 0.05) is 0 Å². The van der Waals surface area contributed by atoms with Gasteiger partial charge >= 0.3 is 42.6 Å². The molecule has 1 rings (SSSR count). The van der Waals surface area contributed by atoms with Gasteiger partial charge in [-0.05, 0) is 12.1 Å². The number of carbonyl (C=O) groups excluding carboxylic acids is 2. The van der Waals surface area contributed by atoms with E-state index in [9.17, 15) is 53.5 Å². The Morgan fingerprint density at radius 3 is 1.61 bits per heavy atom. The number of halogens is 10. The maximum Gasteiger partial charge on any atom is 0.462 e. The molecule has 0 saturated carbocycles.